The van der Waals surface area contributed by atoms with Crippen LogP contribution < -0.4 is 5.73 Å². The molecule has 0 amide bonds. The smallest absolute Gasteiger partial charge is 0.0474 e. The summed E-state index contributed by atoms with van der Waals surface area (Å²) in [5.41, 5.74) is 6.32. The zero-order valence-corrected chi connectivity index (χ0v) is 10.9. The van der Waals surface area contributed by atoms with Gasteiger partial charge in [0.1, 0.15) is 0 Å². The zero-order chi connectivity index (χ0) is 11.8. The van der Waals surface area contributed by atoms with Gasteiger partial charge in [0.05, 0.1) is 0 Å². The molecule has 0 aliphatic carbocycles. The first kappa shape index (κ1) is 12.3. The predicted molar refractivity (Wildman–Crippen MR) is 67.6 cm³/mol. The van der Waals surface area contributed by atoms with Crippen molar-refractivity contribution in [3.05, 3.63) is 0 Å². The van der Waals surface area contributed by atoms with E-state index >= 15 is 0 Å². The van der Waals surface area contributed by atoms with Crippen LogP contribution in [0.3, 0.4) is 0 Å². The fourth-order valence-corrected chi connectivity index (χ4v) is 3.42. The number of hydrogen-bond donors (Lipinski definition) is 1. The summed E-state index contributed by atoms with van der Waals surface area (Å²) in [6.07, 6.45) is 1.23. The lowest BCUT2D eigenvalue weighted by Gasteiger charge is -2.48. The zero-order valence-electron chi connectivity index (χ0n) is 10.9. The van der Waals surface area contributed by atoms with Crippen LogP contribution in [0.25, 0.3) is 0 Å². The second-order valence-corrected chi connectivity index (χ2v) is 5.72. The highest BCUT2D eigenvalue weighted by Crippen LogP contribution is 2.29. The molecule has 0 bridgehead atoms. The van der Waals surface area contributed by atoms with Crippen LogP contribution in [0.1, 0.15) is 13.3 Å². The van der Waals surface area contributed by atoms with Gasteiger partial charge >= 0.3 is 0 Å². The van der Waals surface area contributed by atoms with Gasteiger partial charge in [-0.2, -0.15) is 0 Å². The van der Waals surface area contributed by atoms with Gasteiger partial charge in [-0.3, -0.25) is 4.90 Å². The van der Waals surface area contributed by atoms with E-state index in [0.29, 0.717) is 6.04 Å². The molecule has 2 aliphatic rings. The summed E-state index contributed by atoms with van der Waals surface area (Å²) in [5.74, 6) is 0. The van der Waals surface area contributed by atoms with Gasteiger partial charge in [-0.1, -0.05) is 0 Å². The van der Waals surface area contributed by atoms with E-state index in [1.807, 2.05) is 0 Å². The Morgan fingerprint density at radius 1 is 1.19 bits per heavy atom. The molecule has 0 aromatic heterocycles. The molecule has 0 aromatic carbocycles. The number of nitrogens with two attached hydrogens (primary N) is 1. The van der Waals surface area contributed by atoms with Gasteiger partial charge in [0, 0.05) is 44.3 Å². The summed E-state index contributed by atoms with van der Waals surface area (Å²) < 4.78 is 0. The normalized spacial score (nSPS) is 39.4. The van der Waals surface area contributed by atoms with Crippen molar-refractivity contribution >= 4 is 0 Å². The van der Waals surface area contributed by atoms with E-state index in [9.17, 15) is 0 Å². The molecule has 2 fully saturated rings. The van der Waals surface area contributed by atoms with Crippen LogP contribution in [0.2, 0.25) is 0 Å². The predicted octanol–water partition coefficient (Wildman–Crippen LogP) is -0.345. The maximum absolute atomic E-state index is 6.08. The van der Waals surface area contributed by atoms with Gasteiger partial charge < -0.3 is 15.5 Å². The number of hydrogen-bond acceptors (Lipinski definition) is 4. The van der Waals surface area contributed by atoms with Gasteiger partial charge in [0.2, 0.25) is 0 Å². The molecular formula is C12H26N4. The van der Waals surface area contributed by atoms with Gasteiger partial charge in [0.25, 0.3) is 0 Å². The molecule has 2 saturated heterocycles. The van der Waals surface area contributed by atoms with Crippen LogP contribution >= 0.6 is 0 Å². The average molecular weight is 226 g/mol. The number of likely N-dealkylation sites (tertiary alicyclic amines) is 1. The van der Waals surface area contributed by atoms with Gasteiger partial charge in [0.15, 0.2) is 0 Å². The first-order valence-corrected chi connectivity index (χ1v) is 6.41. The van der Waals surface area contributed by atoms with E-state index in [4.69, 9.17) is 5.73 Å². The van der Waals surface area contributed by atoms with E-state index in [1.165, 1.54) is 32.6 Å². The molecule has 0 spiro atoms. The number of nitrogens with zero attached hydrogens (tertiary/aromatic N) is 3. The summed E-state index contributed by atoms with van der Waals surface area (Å²) in [7, 11) is 4.42. The van der Waals surface area contributed by atoms with Crippen molar-refractivity contribution in [2.45, 2.75) is 24.9 Å². The quantitative estimate of drug-likeness (QED) is 0.698. The molecule has 2 rings (SSSR count). The third-order valence-corrected chi connectivity index (χ3v) is 4.34. The minimum atomic E-state index is 0.245. The minimum absolute atomic E-state index is 0.245. The van der Waals surface area contributed by atoms with E-state index < -0.39 is 0 Å². The van der Waals surface area contributed by atoms with Crippen molar-refractivity contribution in [1.29, 1.82) is 0 Å². The van der Waals surface area contributed by atoms with Crippen molar-refractivity contribution in [1.82, 2.24) is 14.7 Å². The lowest BCUT2D eigenvalue weighted by atomic mass is 9.93. The molecule has 2 unspecified atom stereocenters. The highest BCUT2D eigenvalue weighted by molar-refractivity contribution is 5.02. The molecule has 2 aliphatic heterocycles. The van der Waals surface area contributed by atoms with E-state index in [2.05, 4.69) is 35.7 Å². The Morgan fingerprint density at radius 2 is 1.94 bits per heavy atom. The molecule has 2 N–H and O–H groups in total. The van der Waals surface area contributed by atoms with Gasteiger partial charge in [-0.05, 0) is 34.0 Å². The number of piperazine rings is 1. The summed E-state index contributed by atoms with van der Waals surface area (Å²) in [4.78, 5) is 7.50. The van der Waals surface area contributed by atoms with Crippen molar-refractivity contribution < 1.29 is 0 Å². The van der Waals surface area contributed by atoms with Crippen LogP contribution in [0.5, 0.6) is 0 Å². The minimum Gasteiger partial charge on any atom is -0.329 e. The van der Waals surface area contributed by atoms with Crippen molar-refractivity contribution in [3.63, 3.8) is 0 Å². The molecule has 0 saturated carbocycles. The van der Waals surface area contributed by atoms with Crippen LogP contribution in [0, 0.1) is 0 Å². The van der Waals surface area contributed by atoms with Crippen LogP contribution in [-0.4, -0.2) is 79.6 Å². The highest BCUT2D eigenvalue weighted by Gasteiger charge is 2.43. The fourth-order valence-electron chi connectivity index (χ4n) is 3.42. The first-order chi connectivity index (χ1) is 7.57. The Hall–Kier alpha value is -0.160. The molecule has 94 valence electrons. The van der Waals surface area contributed by atoms with Crippen molar-refractivity contribution in [2.75, 3.05) is 53.4 Å². The Balaban J connectivity index is 2.09. The standard InChI is InChI=1S/C12H26N4/c1-11-8-14(2)6-7-16(11)12(9-13)4-5-15(3)10-12/h11H,4-10,13H2,1-3H3. The summed E-state index contributed by atoms with van der Waals surface area (Å²) in [5, 5.41) is 0. The van der Waals surface area contributed by atoms with Crippen molar-refractivity contribution in [2.24, 2.45) is 5.73 Å². The Labute approximate surface area is 99.4 Å². The number of rotatable bonds is 2. The Kier molecular flexibility index (Phi) is 3.54. The summed E-state index contributed by atoms with van der Waals surface area (Å²) >= 11 is 0. The second kappa shape index (κ2) is 4.61. The monoisotopic (exact) mass is 226 g/mol. The fraction of sp³-hybridized carbons (Fsp3) is 1.00. The van der Waals surface area contributed by atoms with Crippen LogP contribution in [0.15, 0.2) is 0 Å². The molecule has 16 heavy (non-hydrogen) atoms. The molecule has 4 heteroatoms. The van der Waals surface area contributed by atoms with Gasteiger partial charge in [-0.25, -0.2) is 0 Å². The van der Waals surface area contributed by atoms with Crippen molar-refractivity contribution in [3.8, 4) is 0 Å². The van der Waals surface area contributed by atoms with Crippen LogP contribution in [0.4, 0.5) is 0 Å². The van der Waals surface area contributed by atoms with E-state index in [-0.39, 0.29) is 5.54 Å². The van der Waals surface area contributed by atoms with E-state index in [1.54, 1.807) is 0 Å². The maximum atomic E-state index is 6.08. The molecule has 0 radical (unpaired) electrons. The third kappa shape index (κ3) is 2.12. The SMILES string of the molecule is CC1CN(C)CCN1C1(CN)CCN(C)C1. The summed E-state index contributed by atoms with van der Waals surface area (Å²) in [6.45, 7) is 8.98. The molecule has 2 heterocycles. The Morgan fingerprint density at radius 3 is 2.44 bits per heavy atom. The maximum Gasteiger partial charge on any atom is 0.0474 e. The topological polar surface area (TPSA) is 35.7 Å². The second-order valence-electron chi connectivity index (χ2n) is 5.72. The third-order valence-electron chi connectivity index (χ3n) is 4.34. The highest BCUT2D eigenvalue weighted by atomic mass is 15.4. The average Bonchev–Trinajstić information content (AvgIpc) is 2.61. The molecule has 0 aromatic rings. The Bertz CT molecular complexity index is 245. The first-order valence-electron chi connectivity index (χ1n) is 6.41. The van der Waals surface area contributed by atoms with Gasteiger partial charge in [-0.15, -0.1) is 0 Å². The lowest BCUT2D eigenvalue weighted by Crippen LogP contribution is -2.64. The van der Waals surface area contributed by atoms with Crippen LogP contribution in [-0.2, 0) is 0 Å². The lowest BCUT2D eigenvalue weighted by molar-refractivity contribution is 0.00899. The largest absolute Gasteiger partial charge is 0.329 e. The molecular weight excluding hydrogens is 200 g/mol. The number of likely N-dealkylation sites (N-methyl/N-ethyl adjacent to an activating group) is 2. The molecule has 2 atom stereocenters. The summed E-state index contributed by atoms with van der Waals surface area (Å²) in [6, 6.07) is 0.633. The molecule has 4 nitrogen and oxygen atoms in total. The van der Waals surface area contributed by atoms with E-state index in [0.717, 1.165) is 13.1 Å².